The van der Waals surface area contributed by atoms with Crippen LogP contribution in [0.2, 0.25) is 0 Å². The Morgan fingerprint density at radius 2 is 1.79 bits per heavy atom. The van der Waals surface area contributed by atoms with Crippen molar-refractivity contribution in [3.05, 3.63) is 30.1 Å². The predicted molar refractivity (Wildman–Crippen MR) is 100 cm³/mol. The number of hydrogen-bond donors (Lipinski definition) is 1. The molecule has 2 heterocycles. The van der Waals surface area contributed by atoms with Crippen LogP contribution in [0.15, 0.2) is 24.3 Å². The average Bonchev–Trinajstić information content (AvgIpc) is 2.71. The zero-order valence-electron chi connectivity index (χ0n) is 15.9. The highest BCUT2D eigenvalue weighted by molar-refractivity contribution is 6.35. The van der Waals surface area contributed by atoms with Crippen LogP contribution in [-0.2, 0) is 14.3 Å². The Morgan fingerprint density at radius 3 is 2.43 bits per heavy atom. The Balaban J connectivity index is 1.49. The number of piperazine rings is 1. The number of ether oxygens (including phenoxy) is 1. The van der Waals surface area contributed by atoms with Gasteiger partial charge in [0, 0.05) is 51.6 Å². The van der Waals surface area contributed by atoms with Gasteiger partial charge in [-0.3, -0.25) is 9.59 Å². The smallest absolute Gasteiger partial charge is 0.321 e. The fourth-order valence-corrected chi connectivity index (χ4v) is 3.57. The normalized spacial score (nSPS) is 18.6. The Morgan fingerprint density at radius 1 is 1.11 bits per heavy atom. The molecule has 4 amide bonds. The van der Waals surface area contributed by atoms with E-state index in [9.17, 15) is 18.8 Å². The summed E-state index contributed by atoms with van der Waals surface area (Å²) in [6.45, 7) is 2.80. The van der Waals surface area contributed by atoms with Crippen molar-refractivity contribution in [2.24, 2.45) is 0 Å². The van der Waals surface area contributed by atoms with E-state index in [4.69, 9.17) is 4.74 Å². The average molecular weight is 392 g/mol. The molecule has 8 nitrogen and oxygen atoms in total. The van der Waals surface area contributed by atoms with Crippen molar-refractivity contribution in [2.75, 3.05) is 51.8 Å². The fourth-order valence-electron chi connectivity index (χ4n) is 3.57. The number of likely N-dealkylation sites (tertiary alicyclic amines) is 1. The van der Waals surface area contributed by atoms with E-state index in [-0.39, 0.29) is 17.9 Å². The Labute approximate surface area is 163 Å². The number of urea groups is 1. The van der Waals surface area contributed by atoms with Gasteiger partial charge >= 0.3 is 17.8 Å². The number of amides is 4. The maximum absolute atomic E-state index is 13.0. The summed E-state index contributed by atoms with van der Waals surface area (Å²) >= 11 is 0. The van der Waals surface area contributed by atoms with Crippen molar-refractivity contribution in [2.45, 2.75) is 18.9 Å². The molecule has 0 aromatic heterocycles. The van der Waals surface area contributed by atoms with Gasteiger partial charge in [-0.1, -0.05) is 0 Å². The number of anilines is 1. The second kappa shape index (κ2) is 9.01. The van der Waals surface area contributed by atoms with Crippen molar-refractivity contribution in [1.29, 1.82) is 0 Å². The van der Waals surface area contributed by atoms with Gasteiger partial charge < -0.3 is 24.8 Å². The van der Waals surface area contributed by atoms with Crippen molar-refractivity contribution in [1.82, 2.24) is 14.7 Å². The van der Waals surface area contributed by atoms with Crippen LogP contribution in [0.5, 0.6) is 0 Å². The Hall–Kier alpha value is -2.68. The number of nitrogens with zero attached hydrogens (tertiary/aromatic N) is 3. The van der Waals surface area contributed by atoms with E-state index < -0.39 is 11.8 Å². The number of carbonyl (C=O) groups is 3. The molecule has 0 unspecified atom stereocenters. The van der Waals surface area contributed by atoms with Crippen molar-refractivity contribution in [3.8, 4) is 0 Å². The summed E-state index contributed by atoms with van der Waals surface area (Å²) in [4.78, 5) is 41.9. The van der Waals surface area contributed by atoms with Crippen LogP contribution >= 0.6 is 0 Å². The van der Waals surface area contributed by atoms with Gasteiger partial charge in [-0.15, -0.1) is 0 Å². The molecule has 2 fully saturated rings. The maximum atomic E-state index is 13.0. The van der Waals surface area contributed by atoms with E-state index in [1.807, 2.05) is 0 Å². The van der Waals surface area contributed by atoms with Gasteiger partial charge in [-0.05, 0) is 37.1 Å². The van der Waals surface area contributed by atoms with E-state index in [1.165, 1.54) is 29.2 Å². The molecule has 0 aliphatic carbocycles. The quantitative estimate of drug-likeness (QED) is 0.762. The lowest BCUT2D eigenvalue weighted by Crippen LogP contribution is -2.59. The summed E-state index contributed by atoms with van der Waals surface area (Å²) in [5, 5.41) is 2.74. The third-order valence-corrected chi connectivity index (χ3v) is 5.20. The molecule has 1 N–H and O–H groups in total. The number of benzene rings is 1. The summed E-state index contributed by atoms with van der Waals surface area (Å²) in [5.41, 5.74) is 0.529. The summed E-state index contributed by atoms with van der Waals surface area (Å²) in [6.07, 6.45) is 1.24. The second-order valence-corrected chi connectivity index (χ2v) is 6.94. The minimum absolute atomic E-state index is 0.0455. The van der Waals surface area contributed by atoms with Gasteiger partial charge in [0.15, 0.2) is 0 Å². The fraction of sp³-hybridized carbons (Fsp3) is 0.526. The van der Waals surface area contributed by atoms with E-state index in [1.54, 1.807) is 16.9 Å². The Bertz CT molecular complexity index is 719. The number of nitrogens with one attached hydrogen (secondary N) is 1. The largest absolute Gasteiger partial charge is 0.383 e. The molecule has 2 aliphatic heterocycles. The molecule has 2 aliphatic rings. The maximum Gasteiger partial charge on any atom is 0.321 e. The first kappa shape index (κ1) is 20.1. The first-order chi connectivity index (χ1) is 13.5. The van der Waals surface area contributed by atoms with Gasteiger partial charge in [0.2, 0.25) is 0 Å². The SMILES string of the molecule is COCCN1CCN(C2CCN(C(=O)Nc3ccc(F)cc3)CC2)C(=O)C1=O. The molecular formula is C19H25FN4O4. The zero-order chi connectivity index (χ0) is 20.1. The lowest BCUT2D eigenvalue weighted by molar-refractivity contribution is -0.158. The van der Waals surface area contributed by atoms with Gasteiger partial charge in [-0.25, -0.2) is 9.18 Å². The predicted octanol–water partition coefficient (Wildman–Crippen LogP) is 1.14. The monoisotopic (exact) mass is 392 g/mol. The van der Waals surface area contributed by atoms with Gasteiger partial charge in [-0.2, -0.15) is 0 Å². The zero-order valence-corrected chi connectivity index (χ0v) is 15.9. The Kier molecular flexibility index (Phi) is 6.45. The van der Waals surface area contributed by atoms with Crippen molar-refractivity contribution in [3.63, 3.8) is 0 Å². The summed E-state index contributed by atoms with van der Waals surface area (Å²) in [6, 6.07) is 5.29. The first-order valence-electron chi connectivity index (χ1n) is 9.40. The lowest BCUT2D eigenvalue weighted by atomic mass is 10.0. The summed E-state index contributed by atoms with van der Waals surface area (Å²) < 4.78 is 17.9. The number of methoxy groups -OCH3 is 1. The van der Waals surface area contributed by atoms with Crippen LogP contribution in [-0.4, -0.2) is 85.0 Å². The molecule has 0 saturated carbocycles. The lowest BCUT2D eigenvalue weighted by Gasteiger charge is -2.42. The molecule has 0 atom stereocenters. The van der Waals surface area contributed by atoms with Crippen molar-refractivity contribution < 1.29 is 23.5 Å². The molecule has 1 aromatic rings. The van der Waals surface area contributed by atoms with Gasteiger partial charge in [0.05, 0.1) is 6.61 Å². The van der Waals surface area contributed by atoms with E-state index in [2.05, 4.69) is 5.32 Å². The van der Waals surface area contributed by atoms with Gasteiger partial charge in [0.25, 0.3) is 0 Å². The van der Waals surface area contributed by atoms with E-state index >= 15 is 0 Å². The van der Waals surface area contributed by atoms with E-state index in [0.717, 1.165) is 0 Å². The van der Waals surface area contributed by atoms with E-state index in [0.29, 0.717) is 57.9 Å². The third-order valence-electron chi connectivity index (χ3n) is 5.20. The molecule has 2 saturated heterocycles. The van der Waals surface area contributed by atoms with Crippen LogP contribution in [0.3, 0.4) is 0 Å². The van der Waals surface area contributed by atoms with Crippen LogP contribution in [0, 0.1) is 5.82 Å². The summed E-state index contributed by atoms with van der Waals surface area (Å²) in [7, 11) is 1.56. The number of rotatable bonds is 5. The molecule has 1 aromatic carbocycles. The molecular weight excluding hydrogens is 367 g/mol. The highest BCUT2D eigenvalue weighted by atomic mass is 19.1. The van der Waals surface area contributed by atoms with Gasteiger partial charge in [0.1, 0.15) is 5.82 Å². The first-order valence-corrected chi connectivity index (χ1v) is 9.40. The highest BCUT2D eigenvalue weighted by Crippen LogP contribution is 2.20. The number of carbonyl (C=O) groups excluding carboxylic acids is 3. The molecule has 3 rings (SSSR count). The number of piperidine rings is 1. The minimum atomic E-state index is -0.486. The molecule has 152 valence electrons. The third kappa shape index (κ3) is 4.59. The molecule has 0 bridgehead atoms. The standard InChI is InChI=1S/C19H25FN4O4/c1-28-13-12-22-10-11-24(18(26)17(22)25)16-6-8-23(9-7-16)19(27)21-15-4-2-14(20)3-5-15/h2-5,16H,6-13H2,1H3,(H,21,27). The number of halogens is 1. The minimum Gasteiger partial charge on any atom is -0.383 e. The molecule has 0 spiro atoms. The number of hydrogen-bond acceptors (Lipinski definition) is 4. The highest BCUT2D eigenvalue weighted by Gasteiger charge is 2.37. The van der Waals surface area contributed by atoms with Crippen LogP contribution in [0.1, 0.15) is 12.8 Å². The van der Waals surface area contributed by atoms with Crippen LogP contribution in [0.25, 0.3) is 0 Å². The van der Waals surface area contributed by atoms with Crippen LogP contribution in [0.4, 0.5) is 14.9 Å². The topological polar surface area (TPSA) is 82.2 Å². The molecule has 9 heteroatoms. The molecule has 0 radical (unpaired) electrons. The molecule has 28 heavy (non-hydrogen) atoms. The van der Waals surface area contributed by atoms with Crippen LogP contribution < -0.4 is 5.32 Å². The van der Waals surface area contributed by atoms with Crippen molar-refractivity contribution >= 4 is 23.5 Å². The summed E-state index contributed by atoms with van der Waals surface area (Å²) in [5.74, 6) is -1.32. The second-order valence-electron chi connectivity index (χ2n) is 6.94.